The highest BCUT2D eigenvalue weighted by molar-refractivity contribution is 7.09. The van der Waals surface area contributed by atoms with Gasteiger partial charge in [-0.3, -0.25) is 0 Å². The Morgan fingerprint density at radius 2 is 1.12 bits per heavy atom. The summed E-state index contributed by atoms with van der Waals surface area (Å²) in [6.07, 6.45) is -5.05. The molecular formula is C15H4F8S. The lowest BCUT2D eigenvalue weighted by Gasteiger charge is -2.15. The first kappa shape index (κ1) is 16.7. The van der Waals surface area contributed by atoms with Crippen molar-refractivity contribution in [3.8, 4) is 11.1 Å². The Balaban J connectivity index is 2.46. The number of alkyl halides is 3. The summed E-state index contributed by atoms with van der Waals surface area (Å²) in [6, 6.07) is 1.37. The van der Waals surface area contributed by atoms with Crippen molar-refractivity contribution in [2.45, 2.75) is 6.18 Å². The molecule has 3 aromatic rings. The third kappa shape index (κ3) is 2.43. The smallest absolute Gasteiger partial charge is 0.203 e. The van der Waals surface area contributed by atoms with Gasteiger partial charge in [-0.1, -0.05) is 0 Å². The van der Waals surface area contributed by atoms with Gasteiger partial charge in [0.15, 0.2) is 23.3 Å². The maximum Gasteiger partial charge on any atom is 0.417 e. The number of benzene rings is 2. The molecule has 24 heavy (non-hydrogen) atoms. The Hall–Kier alpha value is -2.16. The molecule has 0 saturated carbocycles. The molecular weight excluding hydrogens is 364 g/mol. The van der Waals surface area contributed by atoms with Gasteiger partial charge < -0.3 is 0 Å². The molecule has 0 fully saturated rings. The number of thiophene rings is 1. The zero-order valence-corrected chi connectivity index (χ0v) is 12.1. The van der Waals surface area contributed by atoms with E-state index in [1.54, 1.807) is 0 Å². The van der Waals surface area contributed by atoms with Crippen LogP contribution in [-0.4, -0.2) is 0 Å². The highest BCUT2D eigenvalue weighted by atomic mass is 32.1. The second-order valence-corrected chi connectivity index (χ2v) is 5.58. The van der Waals surface area contributed by atoms with Gasteiger partial charge in [0.25, 0.3) is 0 Å². The van der Waals surface area contributed by atoms with Crippen LogP contribution in [0.2, 0.25) is 0 Å². The van der Waals surface area contributed by atoms with E-state index in [1.807, 2.05) is 0 Å². The second-order valence-electron chi connectivity index (χ2n) is 4.84. The van der Waals surface area contributed by atoms with Crippen LogP contribution in [-0.2, 0) is 6.18 Å². The molecule has 0 bridgehead atoms. The summed E-state index contributed by atoms with van der Waals surface area (Å²) in [5.74, 6) is -11.7. The van der Waals surface area contributed by atoms with Crippen molar-refractivity contribution in [3.63, 3.8) is 0 Å². The number of hydrogen-bond acceptors (Lipinski definition) is 1. The highest BCUT2D eigenvalue weighted by Gasteiger charge is 2.37. The van der Waals surface area contributed by atoms with Gasteiger partial charge in [0.1, 0.15) is 0 Å². The molecule has 0 atom stereocenters. The Bertz CT molecular complexity index is 925. The van der Waals surface area contributed by atoms with E-state index in [1.165, 1.54) is 10.8 Å². The Morgan fingerprint density at radius 3 is 1.62 bits per heavy atom. The lowest BCUT2D eigenvalue weighted by Crippen LogP contribution is -2.10. The van der Waals surface area contributed by atoms with E-state index in [2.05, 4.69) is 0 Å². The molecule has 2 aromatic carbocycles. The Kier molecular flexibility index (Phi) is 3.78. The summed E-state index contributed by atoms with van der Waals surface area (Å²) in [7, 11) is 0. The molecule has 0 spiro atoms. The third-order valence-electron chi connectivity index (χ3n) is 3.40. The predicted octanol–water partition coefficient (Wildman–Crippen LogP) is 6.28. The molecule has 0 amide bonds. The maximum atomic E-state index is 13.9. The molecule has 0 nitrogen and oxygen atoms in total. The van der Waals surface area contributed by atoms with Crippen molar-refractivity contribution in [3.05, 3.63) is 57.5 Å². The van der Waals surface area contributed by atoms with Crippen LogP contribution in [0.1, 0.15) is 5.56 Å². The van der Waals surface area contributed by atoms with Crippen LogP contribution in [0.15, 0.2) is 22.9 Å². The molecule has 0 aliphatic carbocycles. The number of rotatable bonds is 1. The molecule has 0 aliphatic rings. The fourth-order valence-corrected chi connectivity index (χ4v) is 3.07. The van der Waals surface area contributed by atoms with E-state index in [9.17, 15) is 35.1 Å². The summed E-state index contributed by atoms with van der Waals surface area (Å²) in [5, 5.41) is 3.09. The molecule has 1 heterocycles. The molecule has 0 radical (unpaired) electrons. The van der Waals surface area contributed by atoms with Crippen molar-refractivity contribution >= 4 is 22.1 Å². The van der Waals surface area contributed by atoms with E-state index in [-0.39, 0.29) is 10.8 Å². The summed E-state index contributed by atoms with van der Waals surface area (Å²) in [5.41, 5.74) is -4.20. The van der Waals surface area contributed by atoms with Crippen molar-refractivity contribution < 1.29 is 35.1 Å². The standard InChI is InChI=1S/C15H4F8S/c16-10-9(11(17)13(19)14(20)12(10)18)7-1-5-3-24-4-6(5)2-8(7)15(21,22)23/h1-4H. The van der Waals surface area contributed by atoms with Crippen molar-refractivity contribution in [1.29, 1.82) is 0 Å². The zero-order valence-electron chi connectivity index (χ0n) is 11.2. The van der Waals surface area contributed by atoms with Crippen LogP contribution in [0.25, 0.3) is 21.9 Å². The van der Waals surface area contributed by atoms with Crippen LogP contribution in [0.3, 0.4) is 0 Å². The van der Waals surface area contributed by atoms with E-state index in [4.69, 9.17) is 0 Å². The van der Waals surface area contributed by atoms with E-state index in [0.717, 1.165) is 17.4 Å². The minimum absolute atomic E-state index is 0.139. The molecule has 1 aromatic heterocycles. The van der Waals surface area contributed by atoms with E-state index < -0.39 is 52.0 Å². The van der Waals surface area contributed by atoms with Gasteiger partial charge in [-0.15, -0.1) is 0 Å². The first-order valence-electron chi connectivity index (χ1n) is 6.22. The van der Waals surface area contributed by atoms with Crippen LogP contribution in [0.4, 0.5) is 35.1 Å². The van der Waals surface area contributed by atoms with Crippen molar-refractivity contribution in [2.75, 3.05) is 0 Å². The minimum atomic E-state index is -5.05. The summed E-state index contributed by atoms with van der Waals surface area (Å²) in [4.78, 5) is 0. The lowest BCUT2D eigenvalue weighted by atomic mass is 9.95. The summed E-state index contributed by atoms with van der Waals surface area (Å²) >= 11 is 1.03. The molecule has 3 rings (SSSR count). The fraction of sp³-hybridized carbons (Fsp3) is 0.0667. The summed E-state index contributed by atoms with van der Waals surface area (Å²) < 4.78 is 107. The highest BCUT2D eigenvalue weighted by Crippen LogP contribution is 2.42. The average Bonchev–Trinajstić information content (AvgIpc) is 2.97. The van der Waals surface area contributed by atoms with Gasteiger partial charge >= 0.3 is 6.18 Å². The number of fused-ring (bicyclic) bond motifs is 1. The first-order chi connectivity index (χ1) is 11.1. The molecule has 0 N–H and O–H groups in total. The molecule has 9 heteroatoms. The van der Waals surface area contributed by atoms with Gasteiger partial charge in [-0.05, 0) is 33.7 Å². The van der Waals surface area contributed by atoms with E-state index >= 15 is 0 Å². The monoisotopic (exact) mass is 368 g/mol. The quantitative estimate of drug-likeness (QED) is 0.269. The molecule has 0 aliphatic heterocycles. The Morgan fingerprint density at radius 1 is 0.667 bits per heavy atom. The van der Waals surface area contributed by atoms with Crippen molar-refractivity contribution in [2.24, 2.45) is 0 Å². The lowest BCUT2D eigenvalue weighted by molar-refractivity contribution is -0.137. The molecule has 126 valence electrons. The molecule has 0 unspecified atom stereocenters. The van der Waals surface area contributed by atoms with Crippen LogP contribution in [0.5, 0.6) is 0 Å². The first-order valence-corrected chi connectivity index (χ1v) is 7.16. The third-order valence-corrected chi connectivity index (χ3v) is 4.18. The minimum Gasteiger partial charge on any atom is -0.203 e. The maximum absolute atomic E-state index is 13.9. The zero-order chi connectivity index (χ0) is 17.8. The SMILES string of the molecule is Fc1c(F)c(F)c(-c2cc3cscc3cc2C(F)(F)F)c(F)c1F. The van der Waals surface area contributed by atoms with Gasteiger partial charge in [0.2, 0.25) is 5.82 Å². The number of halogens is 8. The van der Waals surface area contributed by atoms with Gasteiger partial charge in [0, 0.05) is 5.56 Å². The average molecular weight is 368 g/mol. The second kappa shape index (κ2) is 5.44. The van der Waals surface area contributed by atoms with Crippen LogP contribution < -0.4 is 0 Å². The number of hydrogen-bond donors (Lipinski definition) is 0. The van der Waals surface area contributed by atoms with Crippen LogP contribution in [0, 0.1) is 29.1 Å². The van der Waals surface area contributed by atoms with Crippen molar-refractivity contribution in [1.82, 2.24) is 0 Å². The fourth-order valence-electron chi connectivity index (χ4n) is 2.30. The molecule has 0 saturated heterocycles. The van der Waals surface area contributed by atoms with Gasteiger partial charge in [0.05, 0.1) is 11.1 Å². The normalized spacial score (nSPS) is 12.2. The van der Waals surface area contributed by atoms with Crippen LogP contribution >= 0.6 is 11.3 Å². The summed E-state index contributed by atoms with van der Waals surface area (Å²) in [6.45, 7) is 0. The topological polar surface area (TPSA) is 0 Å². The van der Waals surface area contributed by atoms with E-state index in [0.29, 0.717) is 6.07 Å². The largest absolute Gasteiger partial charge is 0.417 e. The van der Waals surface area contributed by atoms with Gasteiger partial charge in [-0.25, -0.2) is 22.0 Å². The Labute approximate surface area is 132 Å². The van der Waals surface area contributed by atoms with Gasteiger partial charge in [-0.2, -0.15) is 24.5 Å². The predicted molar refractivity (Wildman–Crippen MR) is 72.1 cm³/mol.